The molecule has 1 aromatic rings. The molecule has 0 unspecified atom stereocenters. The van der Waals surface area contributed by atoms with Crippen LogP contribution in [0.25, 0.3) is 6.20 Å². The Balaban J connectivity index is 2.85. The Bertz CT molecular complexity index is 509. The van der Waals surface area contributed by atoms with Crippen molar-refractivity contribution >= 4 is 16.0 Å². The molecule has 7 heteroatoms. The number of rotatable bonds is 4. The number of hydrogen-bond acceptors (Lipinski definition) is 4. The third kappa shape index (κ3) is 3.35. The Morgan fingerprint density at radius 1 is 1.53 bits per heavy atom. The van der Waals surface area contributed by atoms with Gasteiger partial charge in [-0.15, -0.1) is 0 Å². The number of hydrogen-bond donors (Lipinski definition) is 0. The van der Waals surface area contributed by atoms with Gasteiger partial charge in [0.25, 0.3) is 0 Å². The van der Waals surface area contributed by atoms with Crippen molar-refractivity contribution in [2.24, 2.45) is 0 Å². The Morgan fingerprint density at radius 3 is 2.73 bits per heavy atom. The standard InChI is InChI=1S/C8H13N3O3S/c1-3-4-10-7-9-11(8(10)12)5-6-15(2,13)14/h3-4,7H,5-6H2,1-2H3/b4-3+. The summed E-state index contributed by atoms with van der Waals surface area (Å²) < 4.78 is 24.2. The third-order valence-electron chi connectivity index (χ3n) is 1.74. The first-order valence-corrected chi connectivity index (χ1v) is 6.44. The lowest BCUT2D eigenvalue weighted by Gasteiger charge is -1.96. The van der Waals surface area contributed by atoms with Crippen molar-refractivity contribution in [2.45, 2.75) is 13.5 Å². The lowest BCUT2D eigenvalue weighted by atomic mass is 10.7. The molecule has 0 amide bonds. The quantitative estimate of drug-likeness (QED) is 0.705. The van der Waals surface area contributed by atoms with Crippen molar-refractivity contribution in [1.82, 2.24) is 14.3 Å². The van der Waals surface area contributed by atoms with Gasteiger partial charge in [0.2, 0.25) is 0 Å². The molecule has 1 aromatic heterocycles. The molecule has 0 aromatic carbocycles. The number of allylic oxidation sites excluding steroid dienone is 1. The van der Waals surface area contributed by atoms with Gasteiger partial charge < -0.3 is 0 Å². The average molecular weight is 231 g/mol. The monoisotopic (exact) mass is 231 g/mol. The average Bonchev–Trinajstić information content (AvgIpc) is 2.45. The van der Waals surface area contributed by atoms with Crippen LogP contribution in [0.1, 0.15) is 6.92 Å². The van der Waals surface area contributed by atoms with Crippen molar-refractivity contribution in [3.63, 3.8) is 0 Å². The molecule has 0 aliphatic carbocycles. The van der Waals surface area contributed by atoms with Crippen LogP contribution < -0.4 is 5.69 Å². The first-order valence-electron chi connectivity index (χ1n) is 4.38. The van der Waals surface area contributed by atoms with E-state index in [2.05, 4.69) is 5.10 Å². The lowest BCUT2D eigenvalue weighted by molar-refractivity contribution is 0.580. The zero-order valence-electron chi connectivity index (χ0n) is 8.62. The van der Waals surface area contributed by atoms with Gasteiger partial charge in [0.15, 0.2) is 0 Å². The topological polar surface area (TPSA) is 74.0 Å². The second-order valence-corrected chi connectivity index (χ2v) is 5.42. The van der Waals surface area contributed by atoms with E-state index in [1.165, 1.54) is 10.9 Å². The van der Waals surface area contributed by atoms with Crippen molar-refractivity contribution in [3.05, 3.63) is 22.9 Å². The molecule has 0 aliphatic rings. The molecule has 0 radical (unpaired) electrons. The summed E-state index contributed by atoms with van der Waals surface area (Å²) in [6.45, 7) is 1.86. The molecule has 0 saturated carbocycles. The van der Waals surface area contributed by atoms with E-state index in [1.807, 2.05) is 0 Å². The van der Waals surface area contributed by atoms with Crippen LogP contribution in [0.4, 0.5) is 0 Å². The first kappa shape index (κ1) is 11.7. The van der Waals surface area contributed by atoms with Crippen LogP contribution in [0.3, 0.4) is 0 Å². The molecule has 0 atom stereocenters. The van der Waals surface area contributed by atoms with Gasteiger partial charge in [-0.05, 0) is 6.92 Å². The van der Waals surface area contributed by atoms with E-state index in [0.717, 1.165) is 10.9 Å². The van der Waals surface area contributed by atoms with Gasteiger partial charge in [-0.25, -0.2) is 17.9 Å². The number of aromatic nitrogens is 3. The number of aryl methyl sites for hydroxylation is 1. The smallest absolute Gasteiger partial charge is 0.257 e. The van der Waals surface area contributed by atoms with Crippen molar-refractivity contribution in [1.29, 1.82) is 0 Å². The second kappa shape index (κ2) is 4.43. The SMILES string of the molecule is C/C=C/n1cnn(CCS(C)(=O)=O)c1=O. The van der Waals surface area contributed by atoms with Gasteiger partial charge in [0.05, 0.1) is 12.3 Å². The summed E-state index contributed by atoms with van der Waals surface area (Å²) in [6, 6.07) is 0. The van der Waals surface area contributed by atoms with E-state index in [4.69, 9.17) is 0 Å². The van der Waals surface area contributed by atoms with Gasteiger partial charge in [-0.3, -0.25) is 4.57 Å². The molecular formula is C8H13N3O3S. The Hall–Kier alpha value is -1.37. The molecule has 0 spiro atoms. The largest absolute Gasteiger partial charge is 0.349 e. The van der Waals surface area contributed by atoms with Crippen LogP contribution in [0.15, 0.2) is 17.2 Å². The summed E-state index contributed by atoms with van der Waals surface area (Å²) in [5.74, 6) is -0.0836. The van der Waals surface area contributed by atoms with Crippen LogP contribution in [0, 0.1) is 0 Å². The summed E-state index contributed by atoms with van der Waals surface area (Å²) >= 11 is 0. The lowest BCUT2D eigenvalue weighted by Crippen LogP contribution is -2.25. The van der Waals surface area contributed by atoms with Crippen LogP contribution in [0.5, 0.6) is 0 Å². The van der Waals surface area contributed by atoms with Gasteiger partial charge in [-0.2, -0.15) is 5.10 Å². The predicted octanol–water partition coefficient (Wildman–Crippen LogP) is -0.420. The number of nitrogens with zero attached hydrogens (tertiary/aromatic N) is 3. The highest BCUT2D eigenvalue weighted by atomic mass is 32.2. The molecule has 15 heavy (non-hydrogen) atoms. The summed E-state index contributed by atoms with van der Waals surface area (Å²) in [6.07, 6.45) is 5.74. The first-order chi connectivity index (χ1) is 6.94. The summed E-state index contributed by atoms with van der Waals surface area (Å²) in [5.41, 5.74) is -0.336. The van der Waals surface area contributed by atoms with E-state index in [1.54, 1.807) is 19.2 Å². The highest BCUT2D eigenvalue weighted by Gasteiger charge is 2.06. The molecule has 84 valence electrons. The number of sulfone groups is 1. The van der Waals surface area contributed by atoms with Crippen molar-refractivity contribution in [2.75, 3.05) is 12.0 Å². The second-order valence-electron chi connectivity index (χ2n) is 3.16. The molecule has 0 N–H and O–H groups in total. The Kier molecular flexibility index (Phi) is 3.46. The fourth-order valence-corrected chi connectivity index (χ4v) is 1.52. The summed E-state index contributed by atoms with van der Waals surface area (Å²) in [5, 5.41) is 3.79. The molecule has 1 heterocycles. The molecule has 0 aliphatic heterocycles. The zero-order chi connectivity index (χ0) is 11.5. The molecule has 0 saturated heterocycles. The Labute approximate surface area is 87.8 Å². The van der Waals surface area contributed by atoms with Crippen molar-refractivity contribution < 1.29 is 8.42 Å². The van der Waals surface area contributed by atoms with E-state index in [9.17, 15) is 13.2 Å². The fraction of sp³-hybridized carbons (Fsp3) is 0.500. The fourth-order valence-electron chi connectivity index (χ4n) is 1.02. The third-order valence-corrected chi connectivity index (χ3v) is 2.66. The van der Waals surface area contributed by atoms with E-state index >= 15 is 0 Å². The van der Waals surface area contributed by atoms with Gasteiger partial charge in [-0.1, -0.05) is 6.08 Å². The van der Waals surface area contributed by atoms with Crippen molar-refractivity contribution in [3.8, 4) is 0 Å². The highest BCUT2D eigenvalue weighted by Crippen LogP contribution is 1.87. The summed E-state index contributed by atoms with van der Waals surface area (Å²) in [4.78, 5) is 11.5. The van der Waals surface area contributed by atoms with Gasteiger partial charge in [0.1, 0.15) is 16.2 Å². The van der Waals surface area contributed by atoms with E-state index in [-0.39, 0.29) is 18.0 Å². The van der Waals surface area contributed by atoms with Gasteiger partial charge >= 0.3 is 5.69 Å². The minimum Gasteiger partial charge on any atom is -0.257 e. The maximum atomic E-state index is 11.5. The molecular weight excluding hydrogens is 218 g/mol. The maximum Gasteiger partial charge on any atom is 0.349 e. The Morgan fingerprint density at radius 2 is 2.20 bits per heavy atom. The normalized spacial score (nSPS) is 12.4. The minimum atomic E-state index is -3.07. The van der Waals surface area contributed by atoms with E-state index < -0.39 is 9.84 Å². The maximum absolute atomic E-state index is 11.5. The summed E-state index contributed by atoms with van der Waals surface area (Å²) in [7, 11) is -3.07. The van der Waals surface area contributed by atoms with Crippen LogP contribution in [-0.4, -0.2) is 34.8 Å². The van der Waals surface area contributed by atoms with Crippen LogP contribution in [0.2, 0.25) is 0 Å². The van der Waals surface area contributed by atoms with Gasteiger partial charge in [0, 0.05) is 12.5 Å². The zero-order valence-corrected chi connectivity index (χ0v) is 9.44. The highest BCUT2D eigenvalue weighted by molar-refractivity contribution is 7.90. The molecule has 0 fully saturated rings. The molecule has 1 rings (SSSR count). The van der Waals surface area contributed by atoms with Crippen LogP contribution in [-0.2, 0) is 16.4 Å². The van der Waals surface area contributed by atoms with E-state index in [0.29, 0.717) is 0 Å². The predicted molar refractivity (Wildman–Crippen MR) is 57.2 cm³/mol. The molecule has 0 bridgehead atoms. The van der Waals surface area contributed by atoms with Crippen LogP contribution >= 0.6 is 0 Å². The molecule has 6 nitrogen and oxygen atoms in total. The minimum absolute atomic E-state index is 0.0836.